The maximum atomic E-state index is 5.62. The average Bonchev–Trinajstić information content (AvgIpc) is 1.99. The van der Waals surface area contributed by atoms with E-state index in [-0.39, 0.29) is 0 Å². The highest BCUT2D eigenvalue weighted by Crippen LogP contribution is 2.21. The maximum absolute atomic E-state index is 5.62. The monoisotopic (exact) mass is 190 g/mol. The Morgan fingerprint density at radius 3 is 2.42 bits per heavy atom. The molecule has 1 saturated heterocycles. The minimum atomic E-state index is 0.346. The summed E-state index contributed by atoms with van der Waals surface area (Å²) in [4.78, 5) is 0. The van der Waals surface area contributed by atoms with Crippen LogP contribution in [0.3, 0.4) is 0 Å². The molecular weight excluding hydrogens is 172 g/mol. The van der Waals surface area contributed by atoms with Gasteiger partial charge in [-0.1, -0.05) is 0 Å². The van der Waals surface area contributed by atoms with E-state index in [0.717, 1.165) is 25.2 Å². The van der Waals surface area contributed by atoms with E-state index in [1.807, 2.05) is 0 Å². The van der Waals surface area contributed by atoms with Gasteiger partial charge < -0.3 is 9.47 Å². The smallest absolute Gasteiger partial charge is 0.0624 e. The van der Waals surface area contributed by atoms with Crippen molar-refractivity contribution in [3.63, 3.8) is 0 Å². The van der Waals surface area contributed by atoms with Crippen molar-refractivity contribution in [3.8, 4) is 0 Å². The van der Waals surface area contributed by atoms with E-state index < -0.39 is 0 Å². The van der Waals surface area contributed by atoms with Crippen molar-refractivity contribution in [2.45, 2.75) is 45.0 Å². The lowest BCUT2D eigenvalue weighted by Crippen LogP contribution is -2.34. The molecule has 0 amide bonds. The van der Waals surface area contributed by atoms with Gasteiger partial charge in [0.2, 0.25) is 0 Å². The number of ether oxygens (including phenoxy) is 2. The summed E-state index contributed by atoms with van der Waals surface area (Å²) in [6.45, 7) is 4.96. The summed E-state index contributed by atoms with van der Waals surface area (Å²) in [5.74, 6) is 0.806. The summed E-state index contributed by atoms with van der Waals surface area (Å²) >= 11 is 4.11. The number of hydrogen-bond donors (Lipinski definition) is 1. The van der Waals surface area contributed by atoms with Crippen LogP contribution in [-0.2, 0) is 9.47 Å². The first-order chi connectivity index (χ1) is 5.72. The molecule has 1 aliphatic heterocycles. The van der Waals surface area contributed by atoms with E-state index in [1.54, 1.807) is 0 Å². The van der Waals surface area contributed by atoms with Crippen LogP contribution in [0.1, 0.15) is 26.7 Å². The van der Waals surface area contributed by atoms with Crippen LogP contribution in [0.15, 0.2) is 0 Å². The molecule has 0 bridgehead atoms. The Morgan fingerprint density at radius 2 is 1.92 bits per heavy atom. The Hall–Kier alpha value is 0.270. The fourth-order valence-electron chi connectivity index (χ4n) is 1.70. The van der Waals surface area contributed by atoms with E-state index in [4.69, 9.17) is 9.47 Å². The van der Waals surface area contributed by atoms with Gasteiger partial charge in [0, 0.05) is 5.75 Å². The van der Waals surface area contributed by atoms with E-state index in [1.165, 1.54) is 0 Å². The topological polar surface area (TPSA) is 18.5 Å². The quantitative estimate of drug-likeness (QED) is 0.685. The second kappa shape index (κ2) is 5.10. The zero-order chi connectivity index (χ0) is 8.97. The van der Waals surface area contributed by atoms with Crippen molar-refractivity contribution < 1.29 is 9.47 Å². The van der Waals surface area contributed by atoms with Crippen LogP contribution in [0.25, 0.3) is 0 Å². The summed E-state index contributed by atoms with van der Waals surface area (Å²) in [5, 5.41) is 0. The largest absolute Gasteiger partial charge is 0.377 e. The molecule has 1 rings (SSSR count). The van der Waals surface area contributed by atoms with Crippen molar-refractivity contribution in [1.29, 1.82) is 0 Å². The predicted octanol–water partition coefficient (Wildman–Crippen LogP) is 1.89. The van der Waals surface area contributed by atoms with Gasteiger partial charge in [-0.15, -0.1) is 0 Å². The molecular formula is C9H18O2S. The van der Waals surface area contributed by atoms with Crippen LogP contribution in [0.4, 0.5) is 0 Å². The molecule has 0 N–H and O–H groups in total. The van der Waals surface area contributed by atoms with Crippen LogP contribution in [0.2, 0.25) is 0 Å². The van der Waals surface area contributed by atoms with Crippen LogP contribution >= 0.6 is 12.6 Å². The second-order valence-corrected chi connectivity index (χ2v) is 3.89. The molecule has 0 spiro atoms. The zero-order valence-electron chi connectivity index (χ0n) is 7.82. The average molecular weight is 190 g/mol. The molecule has 1 aliphatic rings. The molecule has 3 heteroatoms. The number of thiol groups is 1. The highest BCUT2D eigenvalue weighted by molar-refractivity contribution is 7.80. The molecule has 0 saturated carbocycles. The molecule has 0 aliphatic carbocycles. The molecule has 1 heterocycles. The Bertz CT molecular complexity index is 120. The van der Waals surface area contributed by atoms with Crippen LogP contribution < -0.4 is 0 Å². The Labute approximate surface area is 80.0 Å². The highest BCUT2D eigenvalue weighted by Gasteiger charge is 2.24. The lowest BCUT2D eigenvalue weighted by molar-refractivity contribution is -0.0988. The lowest BCUT2D eigenvalue weighted by Gasteiger charge is -2.31. The molecule has 0 radical (unpaired) electrons. The van der Waals surface area contributed by atoms with Gasteiger partial charge >= 0.3 is 0 Å². The summed E-state index contributed by atoms with van der Waals surface area (Å²) in [7, 11) is 0. The summed E-state index contributed by atoms with van der Waals surface area (Å²) in [6.07, 6.45) is 3.13. The van der Waals surface area contributed by atoms with Gasteiger partial charge in [0.05, 0.1) is 24.9 Å². The van der Waals surface area contributed by atoms with Crippen LogP contribution in [0.5, 0.6) is 0 Å². The van der Waals surface area contributed by atoms with E-state index in [9.17, 15) is 0 Å². The van der Waals surface area contributed by atoms with Crippen molar-refractivity contribution >= 4 is 12.6 Å². The molecule has 2 nitrogen and oxygen atoms in total. The van der Waals surface area contributed by atoms with Gasteiger partial charge in [-0.05, 0) is 26.7 Å². The second-order valence-electron chi connectivity index (χ2n) is 3.45. The van der Waals surface area contributed by atoms with Crippen LogP contribution in [0, 0.1) is 0 Å². The molecule has 2 atom stereocenters. The van der Waals surface area contributed by atoms with Gasteiger partial charge in [-0.2, -0.15) is 12.6 Å². The van der Waals surface area contributed by atoms with Gasteiger partial charge in [0.1, 0.15) is 0 Å². The van der Waals surface area contributed by atoms with Gasteiger partial charge in [0.25, 0.3) is 0 Å². The highest BCUT2D eigenvalue weighted by atomic mass is 32.1. The lowest BCUT2D eigenvalue weighted by atomic mass is 10.0. The van der Waals surface area contributed by atoms with Crippen molar-refractivity contribution in [3.05, 3.63) is 0 Å². The van der Waals surface area contributed by atoms with Gasteiger partial charge in [-0.3, -0.25) is 0 Å². The zero-order valence-corrected chi connectivity index (χ0v) is 8.72. The fourth-order valence-corrected chi connectivity index (χ4v) is 1.81. The number of rotatable bonds is 3. The Kier molecular flexibility index (Phi) is 4.40. The summed E-state index contributed by atoms with van der Waals surface area (Å²) in [6, 6.07) is 0. The van der Waals surface area contributed by atoms with E-state index in [2.05, 4.69) is 26.5 Å². The van der Waals surface area contributed by atoms with Crippen LogP contribution in [-0.4, -0.2) is 30.7 Å². The molecule has 0 aromatic rings. The van der Waals surface area contributed by atoms with E-state index >= 15 is 0 Å². The Balaban J connectivity index is 2.24. The van der Waals surface area contributed by atoms with Crippen molar-refractivity contribution in [1.82, 2.24) is 0 Å². The molecule has 1 fully saturated rings. The molecule has 2 unspecified atom stereocenters. The first-order valence-corrected chi connectivity index (χ1v) is 5.23. The third-order valence-electron chi connectivity index (χ3n) is 2.10. The first-order valence-electron chi connectivity index (χ1n) is 4.60. The molecule has 0 aromatic carbocycles. The third-order valence-corrected chi connectivity index (χ3v) is 2.28. The molecule has 72 valence electrons. The maximum Gasteiger partial charge on any atom is 0.0624 e. The van der Waals surface area contributed by atoms with Crippen molar-refractivity contribution in [2.75, 3.05) is 12.4 Å². The van der Waals surface area contributed by atoms with E-state index in [0.29, 0.717) is 18.3 Å². The number of hydrogen-bond acceptors (Lipinski definition) is 3. The summed E-state index contributed by atoms with van der Waals surface area (Å²) < 4.78 is 11.2. The summed E-state index contributed by atoms with van der Waals surface area (Å²) in [5.41, 5.74) is 0. The fraction of sp³-hybridized carbons (Fsp3) is 1.00. The first kappa shape index (κ1) is 10.4. The predicted molar refractivity (Wildman–Crippen MR) is 52.8 cm³/mol. The minimum absolute atomic E-state index is 0.346. The SMILES string of the molecule is CC1CC(OCCS)CC(C)O1. The molecule has 0 aromatic heterocycles. The normalized spacial score (nSPS) is 36.8. The standard InChI is InChI=1S/C9H18O2S/c1-7-5-9(10-3-4-12)6-8(2)11-7/h7-9,12H,3-6H2,1-2H3. The van der Waals surface area contributed by atoms with Crippen molar-refractivity contribution in [2.24, 2.45) is 0 Å². The Morgan fingerprint density at radius 1 is 1.33 bits per heavy atom. The molecule has 12 heavy (non-hydrogen) atoms. The third kappa shape index (κ3) is 3.33. The van der Waals surface area contributed by atoms with Gasteiger partial charge in [-0.25, -0.2) is 0 Å². The van der Waals surface area contributed by atoms with Gasteiger partial charge in [0.15, 0.2) is 0 Å². The minimum Gasteiger partial charge on any atom is -0.377 e.